The summed E-state index contributed by atoms with van der Waals surface area (Å²) in [6.45, 7) is 4.09. The molecule has 1 aromatic rings. The number of rotatable bonds is 4. The second-order valence-corrected chi connectivity index (χ2v) is 4.94. The number of esters is 1. The predicted molar refractivity (Wildman–Crippen MR) is 74.3 cm³/mol. The molecule has 1 aromatic carbocycles. The third kappa shape index (κ3) is 3.81. The molecule has 1 saturated heterocycles. The lowest BCUT2D eigenvalue weighted by molar-refractivity contribution is -0.162. The molecule has 0 aromatic heterocycles. The van der Waals surface area contributed by atoms with E-state index in [0.717, 1.165) is 12.0 Å². The summed E-state index contributed by atoms with van der Waals surface area (Å²) in [4.78, 5) is 23.6. The van der Waals surface area contributed by atoms with Crippen molar-refractivity contribution < 1.29 is 19.1 Å². The van der Waals surface area contributed by atoms with E-state index in [4.69, 9.17) is 9.47 Å². The Bertz CT molecular complexity index is 477. The van der Waals surface area contributed by atoms with Crippen LogP contribution in [0.4, 0.5) is 5.69 Å². The highest BCUT2D eigenvalue weighted by Crippen LogP contribution is 2.15. The van der Waals surface area contributed by atoms with Crippen LogP contribution in [0.1, 0.15) is 25.3 Å². The Morgan fingerprint density at radius 1 is 1.35 bits per heavy atom. The van der Waals surface area contributed by atoms with Gasteiger partial charge in [-0.25, -0.2) is 4.79 Å². The van der Waals surface area contributed by atoms with Crippen LogP contribution in [0.25, 0.3) is 0 Å². The number of carbonyl (C=O) groups is 2. The van der Waals surface area contributed by atoms with Crippen LogP contribution in [0.3, 0.4) is 0 Å². The highest BCUT2D eigenvalue weighted by molar-refractivity contribution is 5.95. The number of hydrogen-bond donors (Lipinski definition) is 1. The van der Waals surface area contributed by atoms with Crippen molar-refractivity contribution >= 4 is 17.6 Å². The van der Waals surface area contributed by atoms with E-state index in [0.29, 0.717) is 18.7 Å². The molecule has 1 heterocycles. The average Bonchev–Trinajstić information content (AvgIpc) is 2.95. The van der Waals surface area contributed by atoms with E-state index in [-0.39, 0.29) is 5.91 Å². The van der Waals surface area contributed by atoms with Crippen LogP contribution in [0, 0.1) is 6.92 Å². The molecule has 0 radical (unpaired) electrons. The van der Waals surface area contributed by atoms with Crippen molar-refractivity contribution in [1.29, 1.82) is 0 Å². The molecular formula is C15H19NO4. The van der Waals surface area contributed by atoms with E-state index in [1.165, 1.54) is 0 Å². The van der Waals surface area contributed by atoms with Gasteiger partial charge in [-0.1, -0.05) is 17.7 Å². The van der Waals surface area contributed by atoms with E-state index >= 15 is 0 Å². The second-order valence-electron chi connectivity index (χ2n) is 4.94. The molecule has 0 saturated carbocycles. The Kier molecular flexibility index (Phi) is 4.74. The van der Waals surface area contributed by atoms with Crippen molar-refractivity contribution in [2.75, 3.05) is 11.9 Å². The Morgan fingerprint density at radius 2 is 2.05 bits per heavy atom. The molecule has 1 aliphatic rings. The van der Waals surface area contributed by atoms with Crippen molar-refractivity contribution in [3.63, 3.8) is 0 Å². The lowest BCUT2D eigenvalue weighted by Crippen LogP contribution is -2.33. The SMILES string of the molecule is Cc1ccc(NC(=O)[C@@H](C)OC(=O)[C@@H]2CCCO2)cc1. The first-order valence-electron chi connectivity index (χ1n) is 6.76. The largest absolute Gasteiger partial charge is 0.451 e. The zero-order valence-electron chi connectivity index (χ0n) is 11.7. The van der Waals surface area contributed by atoms with Crippen molar-refractivity contribution in [2.45, 2.75) is 38.9 Å². The van der Waals surface area contributed by atoms with E-state index in [1.807, 2.05) is 31.2 Å². The van der Waals surface area contributed by atoms with Crippen LogP contribution in [0.5, 0.6) is 0 Å². The maximum absolute atomic E-state index is 11.9. The van der Waals surface area contributed by atoms with Crippen LogP contribution < -0.4 is 5.32 Å². The molecule has 20 heavy (non-hydrogen) atoms. The first-order chi connectivity index (χ1) is 9.56. The van der Waals surface area contributed by atoms with Crippen LogP contribution in [-0.2, 0) is 19.1 Å². The highest BCUT2D eigenvalue weighted by Gasteiger charge is 2.28. The molecular weight excluding hydrogens is 258 g/mol. The van der Waals surface area contributed by atoms with E-state index in [2.05, 4.69) is 5.32 Å². The van der Waals surface area contributed by atoms with Crippen molar-refractivity contribution in [3.8, 4) is 0 Å². The number of aryl methyl sites for hydroxylation is 1. The van der Waals surface area contributed by atoms with Gasteiger partial charge in [-0.15, -0.1) is 0 Å². The number of hydrogen-bond acceptors (Lipinski definition) is 4. The average molecular weight is 277 g/mol. The molecule has 2 atom stereocenters. The van der Waals surface area contributed by atoms with Gasteiger partial charge in [-0.05, 0) is 38.8 Å². The third-order valence-corrected chi connectivity index (χ3v) is 3.17. The Hall–Kier alpha value is -1.88. The minimum absolute atomic E-state index is 0.347. The fourth-order valence-electron chi connectivity index (χ4n) is 1.95. The predicted octanol–water partition coefficient (Wildman–Crippen LogP) is 2.04. The summed E-state index contributed by atoms with van der Waals surface area (Å²) < 4.78 is 10.3. The standard InChI is InChI=1S/C15H19NO4/c1-10-5-7-12(8-6-10)16-14(17)11(2)20-15(18)13-4-3-9-19-13/h5-8,11,13H,3-4,9H2,1-2H3,(H,16,17)/t11-,13+/m1/s1. The van der Waals surface area contributed by atoms with Crippen LogP contribution in [0.2, 0.25) is 0 Å². The lowest BCUT2D eigenvalue weighted by atomic mass is 10.2. The molecule has 1 fully saturated rings. The number of benzene rings is 1. The van der Waals surface area contributed by atoms with E-state index in [1.54, 1.807) is 6.92 Å². The summed E-state index contributed by atoms with van der Waals surface area (Å²) in [5.74, 6) is -0.811. The molecule has 108 valence electrons. The lowest BCUT2D eigenvalue weighted by Gasteiger charge is -2.16. The van der Waals surface area contributed by atoms with Gasteiger partial charge in [0.15, 0.2) is 12.2 Å². The van der Waals surface area contributed by atoms with Gasteiger partial charge in [-0.2, -0.15) is 0 Å². The van der Waals surface area contributed by atoms with Gasteiger partial charge < -0.3 is 14.8 Å². The van der Waals surface area contributed by atoms with Crippen LogP contribution >= 0.6 is 0 Å². The normalized spacial score (nSPS) is 19.4. The molecule has 1 N–H and O–H groups in total. The zero-order valence-corrected chi connectivity index (χ0v) is 11.7. The summed E-state index contributed by atoms with van der Waals surface area (Å²) in [5, 5.41) is 2.71. The Balaban J connectivity index is 1.85. The number of amides is 1. The molecule has 5 nitrogen and oxygen atoms in total. The molecule has 0 bridgehead atoms. The summed E-state index contributed by atoms with van der Waals surface area (Å²) in [6, 6.07) is 7.42. The smallest absolute Gasteiger partial charge is 0.336 e. The van der Waals surface area contributed by atoms with Gasteiger partial charge >= 0.3 is 5.97 Å². The molecule has 0 spiro atoms. The van der Waals surface area contributed by atoms with Crippen LogP contribution in [-0.4, -0.2) is 30.7 Å². The summed E-state index contributed by atoms with van der Waals surface area (Å²) in [7, 11) is 0. The van der Waals surface area contributed by atoms with Crippen LogP contribution in [0.15, 0.2) is 24.3 Å². The Labute approximate surface area is 118 Å². The number of nitrogens with one attached hydrogen (secondary N) is 1. The van der Waals surface area contributed by atoms with Gasteiger partial charge in [0.1, 0.15) is 0 Å². The summed E-state index contributed by atoms with van der Waals surface area (Å²) in [5.41, 5.74) is 1.79. The third-order valence-electron chi connectivity index (χ3n) is 3.17. The minimum Gasteiger partial charge on any atom is -0.451 e. The fourth-order valence-corrected chi connectivity index (χ4v) is 1.95. The van der Waals surface area contributed by atoms with E-state index < -0.39 is 18.2 Å². The molecule has 1 aliphatic heterocycles. The maximum Gasteiger partial charge on any atom is 0.336 e. The summed E-state index contributed by atoms with van der Waals surface area (Å²) >= 11 is 0. The molecule has 1 amide bonds. The number of ether oxygens (including phenoxy) is 2. The van der Waals surface area contributed by atoms with Gasteiger partial charge in [0.2, 0.25) is 0 Å². The topological polar surface area (TPSA) is 64.6 Å². The van der Waals surface area contributed by atoms with E-state index in [9.17, 15) is 9.59 Å². The van der Waals surface area contributed by atoms with Crippen molar-refractivity contribution in [3.05, 3.63) is 29.8 Å². The van der Waals surface area contributed by atoms with Gasteiger partial charge in [-0.3, -0.25) is 4.79 Å². The minimum atomic E-state index is -0.840. The van der Waals surface area contributed by atoms with Crippen molar-refractivity contribution in [2.24, 2.45) is 0 Å². The zero-order chi connectivity index (χ0) is 14.5. The summed E-state index contributed by atoms with van der Waals surface area (Å²) in [6.07, 6.45) is 0.145. The van der Waals surface area contributed by atoms with Gasteiger partial charge in [0.25, 0.3) is 5.91 Å². The quantitative estimate of drug-likeness (QED) is 0.855. The number of anilines is 1. The Morgan fingerprint density at radius 3 is 2.65 bits per heavy atom. The first kappa shape index (κ1) is 14.5. The maximum atomic E-state index is 11.9. The van der Waals surface area contributed by atoms with Gasteiger partial charge in [0, 0.05) is 12.3 Å². The van der Waals surface area contributed by atoms with Gasteiger partial charge in [0.05, 0.1) is 0 Å². The molecule has 2 rings (SSSR count). The highest BCUT2D eigenvalue weighted by atomic mass is 16.6. The molecule has 5 heteroatoms. The fraction of sp³-hybridized carbons (Fsp3) is 0.467. The van der Waals surface area contributed by atoms with Crippen molar-refractivity contribution in [1.82, 2.24) is 0 Å². The molecule has 0 aliphatic carbocycles. The second kappa shape index (κ2) is 6.52. The monoisotopic (exact) mass is 277 g/mol. The first-order valence-corrected chi connectivity index (χ1v) is 6.76. The number of carbonyl (C=O) groups excluding carboxylic acids is 2. The molecule has 0 unspecified atom stereocenters.